The standard InChI is InChI=1S/C12H19NO3/c1-9-7-12(16-4)10(8-11(9)15-3)13-5-6-14-2/h7-8,13H,5-6H2,1-4H3. The number of aryl methyl sites for hydroxylation is 1. The van der Waals surface area contributed by atoms with Gasteiger partial charge in [-0.1, -0.05) is 0 Å². The van der Waals surface area contributed by atoms with Gasteiger partial charge in [0.05, 0.1) is 26.5 Å². The van der Waals surface area contributed by atoms with Gasteiger partial charge in [-0.25, -0.2) is 0 Å². The third-order valence-electron chi connectivity index (χ3n) is 2.34. The van der Waals surface area contributed by atoms with Crippen molar-refractivity contribution >= 4 is 5.69 Å². The maximum absolute atomic E-state index is 5.30. The third kappa shape index (κ3) is 3.03. The Hall–Kier alpha value is -1.42. The maximum Gasteiger partial charge on any atom is 0.142 e. The van der Waals surface area contributed by atoms with Crippen molar-refractivity contribution in [3.8, 4) is 11.5 Å². The summed E-state index contributed by atoms with van der Waals surface area (Å²) in [5.41, 5.74) is 1.97. The molecule has 1 rings (SSSR count). The minimum atomic E-state index is 0.652. The zero-order valence-electron chi connectivity index (χ0n) is 10.3. The van der Waals surface area contributed by atoms with Crippen LogP contribution in [0.2, 0.25) is 0 Å². The van der Waals surface area contributed by atoms with E-state index in [2.05, 4.69) is 5.32 Å². The minimum absolute atomic E-state index is 0.652. The SMILES string of the molecule is COCCNc1cc(OC)c(C)cc1OC. The van der Waals surface area contributed by atoms with Gasteiger partial charge < -0.3 is 19.5 Å². The molecule has 0 aliphatic heterocycles. The fraction of sp³-hybridized carbons (Fsp3) is 0.500. The zero-order valence-corrected chi connectivity index (χ0v) is 10.3. The van der Waals surface area contributed by atoms with Crippen LogP contribution in [0.1, 0.15) is 5.56 Å². The molecule has 1 aromatic carbocycles. The van der Waals surface area contributed by atoms with E-state index in [-0.39, 0.29) is 0 Å². The summed E-state index contributed by atoms with van der Waals surface area (Å²) >= 11 is 0. The number of hydrogen-bond donors (Lipinski definition) is 1. The molecule has 4 heteroatoms. The molecule has 0 bridgehead atoms. The lowest BCUT2D eigenvalue weighted by Gasteiger charge is -2.14. The summed E-state index contributed by atoms with van der Waals surface area (Å²) in [5, 5.41) is 3.24. The van der Waals surface area contributed by atoms with Gasteiger partial charge in [-0.3, -0.25) is 0 Å². The molecule has 0 unspecified atom stereocenters. The van der Waals surface area contributed by atoms with E-state index in [1.165, 1.54) is 0 Å². The average molecular weight is 225 g/mol. The molecule has 1 N–H and O–H groups in total. The van der Waals surface area contributed by atoms with Gasteiger partial charge in [0.15, 0.2) is 0 Å². The van der Waals surface area contributed by atoms with Crippen molar-refractivity contribution in [1.29, 1.82) is 0 Å². The van der Waals surface area contributed by atoms with Crippen molar-refractivity contribution in [2.75, 3.05) is 39.8 Å². The number of nitrogens with one attached hydrogen (secondary N) is 1. The first-order valence-electron chi connectivity index (χ1n) is 5.18. The van der Waals surface area contributed by atoms with Crippen molar-refractivity contribution in [2.24, 2.45) is 0 Å². The van der Waals surface area contributed by atoms with Crippen molar-refractivity contribution in [1.82, 2.24) is 0 Å². The van der Waals surface area contributed by atoms with Crippen LogP contribution in [-0.2, 0) is 4.74 Å². The van der Waals surface area contributed by atoms with Gasteiger partial charge >= 0.3 is 0 Å². The van der Waals surface area contributed by atoms with E-state index in [0.717, 1.165) is 29.3 Å². The van der Waals surface area contributed by atoms with E-state index < -0.39 is 0 Å². The molecular weight excluding hydrogens is 206 g/mol. The fourth-order valence-corrected chi connectivity index (χ4v) is 1.48. The van der Waals surface area contributed by atoms with Crippen LogP contribution in [0.4, 0.5) is 5.69 Å². The van der Waals surface area contributed by atoms with Crippen LogP contribution in [0.3, 0.4) is 0 Å². The van der Waals surface area contributed by atoms with Crippen LogP contribution >= 0.6 is 0 Å². The van der Waals surface area contributed by atoms with Crippen molar-refractivity contribution in [2.45, 2.75) is 6.92 Å². The molecule has 0 aromatic heterocycles. The van der Waals surface area contributed by atoms with Crippen LogP contribution in [0.5, 0.6) is 11.5 Å². The molecule has 0 saturated carbocycles. The Morgan fingerprint density at radius 2 is 1.75 bits per heavy atom. The molecule has 0 saturated heterocycles. The van der Waals surface area contributed by atoms with E-state index in [1.54, 1.807) is 21.3 Å². The van der Waals surface area contributed by atoms with Crippen LogP contribution in [0.15, 0.2) is 12.1 Å². The molecule has 0 aliphatic carbocycles. The number of rotatable bonds is 6. The zero-order chi connectivity index (χ0) is 12.0. The summed E-state index contributed by atoms with van der Waals surface area (Å²) in [5.74, 6) is 1.66. The molecule has 90 valence electrons. The maximum atomic E-state index is 5.30. The lowest BCUT2D eigenvalue weighted by atomic mass is 10.2. The Kier molecular flexibility index (Phi) is 4.92. The molecule has 0 atom stereocenters. The topological polar surface area (TPSA) is 39.7 Å². The molecular formula is C12H19NO3. The van der Waals surface area contributed by atoms with E-state index in [9.17, 15) is 0 Å². The normalized spacial score (nSPS) is 10.0. The predicted molar refractivity (Wildman–Crippen MR) is 64.6 cm³/mol. The lowest BCUT2D eigenvalue weighted by molar-refractivity contribution is 0.210. The Balaban J connectivity index is 2.86. The summed E-state index contributed by atoms with van der Waals surface area (Å²) < 4.78 is 15.5. The molecule has 0 spiro atoms. The highest BCUT2D eigenvalue weighted by atomic mass is 16.5. The van der Waals surface area contributed by atoms with Crippen LogP contribution in [0, 0.1) is 6.92 Å². The van der Waals surface area contributed by atoms with Gasteiger partial charge in [-0.05, 0) is 18.6 Å². The molecule has 16 heavy (non-hydrogen) atoms. The molecule has 4 nitrogen and oxygen atoms in total. The first-order chi connectivity index (χ1) is 7.72. The number of methoxy groups -OCH3 is 3. The molecule has 0 fully saturated rings. The predicted octanol–water partition coefficient (Wildman–Crippen LogP) is 2.07. The first-order valence-corrected chi connectivity index (χ1v) is 5.18. The Bertz CT molecular complexity index is 339. The van der Waals surface area contributed by atoms with Crippen LogP contribution in [-0.4, -0.2) is 34.5 Å². The van der Waals surface area contributed by atoms with Gasteiger partial charge in [0, 0.05) is 19.7 Å². The molecule has 0 heterocycles. The van der Waals surface area contributed by atoms with Gasteiger partial charge in [-0.2, -0.15) is 0 Å². The van der Waals surface area contributed by atoms with E-state index >= 15 is 0 Å². The first kappa shape index (κ1) is 12.6. The van der Waals surface area contributed by atoms with Gasteiger partial charge in [0.25, 0.3) is 0 Å². The molecule has 1 aromatic rings. The van der Waals surface area contributed by atoms with Gasteiger partial charge in [0.1, 0.15) is 11.5 Å². The molecule has 0 aliphatic rings. The monoisotopic (exact) mass is 225 g/mol. The van der Waals surface area contributed by atoms with Crippen LogP contribution in [0.25, 0.3) is 0 Å². The number of hydrogen-bond acceptors (Lipinski definition) is 4. The lowest BCUT2D eigenvalue weighted by Crippen LogP contribution is -2.08. The second-order valence-corrected chi connectivity index (χ2v) is 3.44. The quantitative estimate of drug-likeness (QED) is 0.752. The van der Waals surface area contributed by atoms with Crippen molar-refractivity contribution < 1.29 is 14.2 Å². The Morgan fingerprint density at radius 3 is 2.31 bits per heavy atom. The van der Waals surface area contributed by atoms with Gasteiger partial charge in [0.2, 0.25) is 0 Å². The van der Waals surface area contributed by atoms with Crippen LogP contribution < -0.4 is 14.8 Å². The minimum Gasteiger partial charge on any atom is -0.496 e. The summed E-state index contributed by atoms with van der Waals surface area (Å²) in [6.45, 7) is 3.37. The largest absolute Gasteiger partial charge is 0.496 e. The number of benzene rings is 1. The highest BCUT2D eigenvalue weighted by molar-refractivity contribution is 5.62. The molecule has 0 radical (unpaired) electrons. The van der Waals surface area contributed by atoms with Crippen molar-refractivity contribution in [3.63, 3.8) is 0 Å². The average Bonchev–Trinajstić information content (AvgIpc) is 2.30. The summed E-state index contributed by atoms with van der Waals surface area (Å²) in [6.07, 6.45) is 0. The second kappa shape index (κ2) is 6.23. The summed E-state index contributed by atoms with van der Waals surface area (Å²) in [4.78, 5) is 0. The van der Waals surface area contributed by atoms with Gasteiger partial charge in [-0.15, -0.1) is 0 Å². The highest BCUT2D eigenvalue weighted by Gasteiger charge is 2.07. The number of anilines is 1. The Morgan fingerprint density at radius 1 is 1.06 bits per heavy atom. The Labute approximate surface area is 96.5 Å². The summed E-state index contributed by atoms with van der Waals surface area (Å²) in [7, 11) is 4.99. The summed E-state index contributed by atoms with van der Waals surface area (Å²) in [6, 6.07) is 3.89. The van der Waals surface area contributed by atoms with Crippen molar-refractivity contribution in [3.05, 3.63) is 17.7 Å². The fourth-order valence-electron chi connectivity index (χ4n) is 1.48. The third-order valence-corrected chi connectivity index (χ3v) is 2.34. The second-order valence-electron chi connectivity index (χ2n) is 3.44. The van der Waals surface area contributed by atoms with E-state index in [0.29, 0.717) is 6.61 Å². The molecule has 0 amide bonds. The number of ether oxygens (including phenoxy) is 3. The highest BCUT2D eigenvalue weighted by Crippen LogP contribution is 2.32. The van der Waals surface area contributed by atoms with E-state index in [1.807, 2.05) is 19.1 Å². The van der Waals surface area contributed by atoms with E-state index in [4.69, 9.17) is 14.2 Å². The smallest absolute Gasteiger partial charge is 0.142 e.